The molecule has 4 rings (SSSR count). The summed E-state index contributed by atoms with van der Waals surface area (Å²) in [6.07, 6.45) is 0.624. The Balaban J connectivity index is 1.60. The fraction of sp³-hybridized carbons (Fsp3) is 0.412. The van der Waals surface area contributed by atoms with Gasteiger partial charge in [-0.25, -0.2) is 8.42 Å². The maximum atomic E-state index is 11.9. The van der Waals surface area contributed by atoms with Gasteiger partial charge in [0.25, 0.3) is 0 Å². The molecular formula is C17H19NO5S2. The third-order valence-corrected chi connectivity index (χ3v) is 7.22. The van der Waals surface area contributed by atoms with E-state index < -0.39 is 9.84 Å². The lowest BCUT2D eigenvalue weighted by Gasteiger charge is -2.28. The van der Waals surface area contributed by atoms with Gasteiger partial charge in [-0.3, -0.25) is 4.90 Å². The molecule has 6 nitrogen and oxygen atoms in total. The zero-order chi connectivity index (χ0) is 17.4. The zero-order valence-electron chi connectivity index (χ0n) is 13.6. The van der Waals surface area contributed by atoms with Crippen molar-refractivity contribution in [2.24, 2.45) is 0 Å². The predicted molar refractivity (Wildman–Crippen MR) is 94.9 cm³/mol. The zero-order valence-corrected chi connectivity index (χ0v) is 15.2. The topological polar surface area (TPSA) is 76.1 Å². The molecule has 0 bridgehead atoms. The van der Waals surface area contributed by atoms with Crippen molar-refractivity contribution in [3.05, 3.63) is 40.1 Å². The number of fused-ring (bicyclic) bond motifs is 1. The molecule has 25 heavy (non-hydrogen) atoms. The average molecular weight is 381 g/mol. The Bertz CT molecular complexity index is 863. The summed E-state index contributed by atoms with van der Waals surface area (Å²) in [6.45, 7) is 1.27. The molecule has 0 radical (unpaired) electrons. The Kier molecular flexibility index (Phi) is 4.35. The standard InChI is InChI=1S/C17H19NO5S2/c19-15-7-17-16(22-11-23-17)6-12(15)8-18(9-14-2-1-4-24-14)13-3-5-25(20,21)10-13/h1-2,4,6-7,13,19H,3,5,8-11H2. The summed E-state index contributed by atoms with van der Waals surface area (Å²) in [4.78, 5) is 3.30. The minimum Gasteiger partial charge on any atom is -0.507 e. The molecule has 2 aromatic rings. The Morgan fingerprint density at radius 1 is 1.24 bits per heavy atom. The number of ether oxygens (including phenoxy) is 2. The number of hydrogen-bond donors (Lipinski definition) is 1. The van der Waals surface area contributed by atoms with Crippen LogP contribution in [0.5, 0.6) is 17.2 Å². The van der Waals surface area contributed by atoms with E-state index in [1.54, 1.807) is 23.5 Å². The first-order valence-corrected chi connectivity index (χ1v) is 10.8. The molecule has 0 amide bonds. The summed E-state index contributed by atoms with van der Waals surface area (Å²) in [5.41, 5.74) is 0.713. The van der Waals surface area contributed by atoms with E-state index >= 15 is 0 Å². The first-order valence-electron chi connectivity index (χ1n) is 8.08. The van der Waals surface area contributed by atoms with Gasteiger partial charge in [0.2, 0.25) is 6.79 Å². The summed E-state index contributed by atoms with van der Waals surface area (Å²) >= 11 is 1.65. The smallest absolute Gasteiger partial charge is 0.231 e. The molecule has 134 valence electrons. The summed E-state index contributed by atoms with van der Waals surface area (Å²) in [7, 11) is -2.98. The van der Waals surface area contributed by atoms with Gasteiger partial charge in [-0.1, -0.05) is 6.07 Å². The molecule has 1 unspecified atom stereocenters. The van der Waals surface area contributed by atoms with Crippen LogP contribution in [0.25, 0.3) is 0 Å². The van der Waals surface area contributed by atoms with Crippen LogP contribution in [0, 0.1) is 0 Å². The van der Waals surface area contributed by atoms with Crippen molar-refractivity contribution in [3.63, 3.8) is 0 Å². The molecule has 8 heteroatoms. The Labute approximate surface area is 150 Å². The van der Waals surface area contributed by atoms with Gasteiger partial charge in [0, 0.05) is 35.6 Å². The highest BCUT2D eigenvalue weighted by Gasteiger charge is 2.33. The number of rotatable bonds is 5. The van der Waals surface area contributed by atoms with Crippen LogP contribution in [-0.2, 0) is 22.9 Å². The van der Waals surface area contributed by atoms with E-state index in [9.17, 15) is 13.5 Å². The summed E-state index contributed by atoms with van der Waals surface area (Å²) < 4.78 is 34.5. The molecular weight excluding hydrogens is 362 g/mol. The Morgan fingerprint density at radius 3 is 2.72 bits per heavy atom. The second-order valence-electron chi connectivity index (χ2n) is 6.38. The quantitative estimate of drug-likeness (QED) is 0.857. The lowest BCUT2D eigenvalue weighted by Crippen LogP contribution is -2.35. The van der Waals surface area contributed by atoms with Gasteiger partial charge in [-0.05, 0) is 23.9 Å². The van der Waals surface area contributed by atoms with E-state index in [4.69, 9.17) is 9.47 Å². The second kappa shape index (κ2) is 6.51. The number of phenolic OH excluding ortho intramolecular Hbond substituents is 1. The first kappa shape index (κ1) is 16.7. The SMILES string of the molecule is O=S1(=O)CCC(N(Cc2cccs2)Cc2cc3c(cc2O)OCO3)C1. The van der Waals surface area contributed by atoms with E-state index in [2.05, 4.69) is 4.90 Å². The van der Waals surface area contributed by atoms with E-state index in [1.165, 1.54) is 4.88 Å². The number of nitrogens with zero attached hydrogens (tertiary/aromatic N) is 1. The molecule has 3 heterocycles. The van der Waals surface area contributed by atoms with Gasteiger partial charge in [0.05, 0.1) is 11.5 Å². The number of aromatic hydroxyl groups is 1. The fourth-order valence-corrected chi connectivity index (χ4v) is 5.79. The Morgan fingerprint density at radius 2 is 2.04 bits per heavy atom. The van der Waals surface area contributed by atoms with Crippen molar-refractivity contribution < 1.29 is 23.0 Å². The van der Waals surface area contributed by atoms with Crippen LogP contribution >= 0.6 is 11.3 Å². The van der Waals surface area contributed by atoms with Gasteiger partial charge < -0.3 is 14.6 Å². The highest BCUT2D eigenvalue weighted by Crippen LogP contribution is 2.38. The molecule has 2 aliphatic rings. The average Bonchev–Trinajstić information content (AvgIpc) is 3.28. The monoisotopic (exact) mass is 381 g/mol. The molecule has 2 aliphatic heterocycles. The van der Waals surface area contributed by atoms with Gasteiger partial charge in [-0.2, -0.15) is 0 Å². The summed E-state index contributed by atoms with van der Waals surface area (Å²) in [5.74, 6) is 1.69. The minimum atomic E-state index is -2.98. The van der Waals surface area contributed by atoms with Gasteiger partial charge in [0.1, 0.15) is 5.75 Å². The normalized spacial score (nSPS) is 21.1. The summed E-state index contributed by atoms with van der Waals surface area (Å²) in [6, 6.07) is 7.33. The molecule has 1 atom stereocenters. The maximum absolute atomic E-state index is 11.9. The van der Waals surface area contributed by atoms with Crippen LogP contribution in [0.4, 0.5) is 0 Å². The molecule has 1 fully saturated rings. The molecule has 1 aromatic heterocycles. The second-order valence-corrected chi connectivity index (χ2v) is 9.64. The lowest BCUT2D eigenvalue weighted by molar-refractivity contribution is 0.173. The number of benzene rings is 1. The molecule has 1 N–H and O–H groups in total. The predicted octanol–water partition coefficient (Wildman–Crippen LogP) is 2.37. The molecule has 0 saturated carbocycles. The van der Waals surface area contributed by atoms with E-state index in [0.29, 0.717) is 36.6 Å². The Hall–Kier alpha value is -1.77. The van der Waals surface area contributed by atoms with E-state index in [-0.39, 0.29) is 30.1 Å². The van der Waals surface area contributed by atoms with Crippen molar-refractivity contribution in [2.75, 3.05) is 18.3 Å². The summed E-state index contributed by atoms with van der Waals surface area (Å²) in [5, 5.41) is 12.3. The third-order valence-electron chi connectivity index (χ3n) is 4.61. The van der Waals surface area contributed by atoms with Crippen molar-refractivity contribution in [2.45, 2.75) is 25.6 Å². The fourth-order valence-electron chi connectivity index (χ4n) is 3.30. The maximum Gasteiger partial charge on any atom is 0.231 e. The molecule has 1 saturated heterocycles. The van der Waals surface area contributed by atoms with Crippen molar-refractivity contribution in [1.29, 1.82) is 0 Å². The highest BCUT2D eigenvalue weighted by molar-refractivity contribution is 7.91. The van der Waals surface area contributed by atoms with Crippen molar-refractivity contribution >= 4 is 21.2 Å². The third kappa shape index (κ3) is 3.61. The number of sulfone groups is 1. The van der Waals surface area contributed by atoms with Crippen LogP contribution in [0.3, 0.4) is 0 Å². The van der Waals surface area contributed by atoms with Gasteiger partial charge >= 0.3 is 0 Å². The number of hydrogen-bond acceptors (Lipinski definition) is 7. The number of phenols is 1. The number of thiophene rings is 1. The highest BCUT2D eigenvalue weighted by atomic mass is 32.2. The lowest BCUT2D eigenvalue weighted by atomic mass is 10.1. The van der Waals surface area contributed by atoms with Crippen LogP contribution in [0.2, 0.25) is 0 Å². The van der Waals surface area contributed by atoms with Crippen molar-refractivity contribution in [1.82, 2.24) is 4.90 Å². The van der Waals surface area contributed by atoms with Gasteiger partial charge in [-0.15, -0.1) is 11.3 Å². The molecule has 0 spiro atoms. The van der Waals surface area contributed by atoms with Crippen LogP contribution in [-0.4, -0.2) is 42.8 Å². The van der Waals surface area contributed by atoms with E-state index in [0.717, 1.165) is 0 Å². The first-order chi connectivity index (χ1) is 12.0. The van der Waals surface area contributed by atoms with Crippen LogP contribution in [0.1, 0.15) is 16.9 Å². The minimum absolute atomic E-state index is 0.0445. The molecule has 0 aliphatic carbocycles. The van der Waals surface area contributed by atoms with Crippen LogP contribution < -0.4 is 9.47 Å². The van der Waals surface area contributed by atoms with Crippen LogP contribution in [0.15, 0.2) is 29.6 Å². The van der Waals surface area contributed by atoms with Crippen molar-refractivity contribution in [3.8, 4) is 17.2 Å². The van der Waals surface area contributed by atoms with E-state index in [1.807, 2.05) is 17.5 Å². The largest absolute Gasteiger partial charge is 0.507 e. The molecule has 1 aromatic carbocycles. The van der Waals surface area contributed by atoms with Gasteiger partial charge in [0.15, 0.2) is 21.3 Å².